The molecule has 0 radical (unpaired) electrons. The van der Waals surface area contributed by atoms with E-state index in [4.69, 9.17) is 14.2 Å². The molecule has 5 nitrogen and oxygen atoms in total. The summed E-state index contributed by atoms with van der Waals surface area (Å²) in [5.41, 5.74) is 0.662. The fraction of sp³-hybridized carbons (Fsp3) is 0.200. The van der Waals surface area contributed by atoms with E-state index in [1.165, 1.54) is 7.11 Å². The summed E-state index contributed by atoms with van der Waals surface area (Å²) in [6.07, 6.45) is 0. The van der Waals surface area contributed by atoms with Crippen LogP contribution in [0.5, 0.6) is 17.2 Å². The Kier molecular flexibility index (Phi) is 3.47. The number of fused-ring (bicyclic) bond motifs is 1. The Morgan fingerprint density at radius 2 is 1.76 bits per heavy atom. The highest BCUT2D eigenvalue weighted by Gasteiger charge is 2.19. The van der Waals surface area contributed by atoms with Gasteiger partial charge < -0.3 is 14.2 Å². The Morgan fingerprint density at radius 3 is 2.48 bits per heavy atom. The monoisotopic (exact) mass is 306 g/mol. The molecule has 0 unspecified atom stereocenters. The van der Waals surface area contributed by atoms with E-state index in [1.807, 2.05) is 0 Å². The average molecular weight is 306 g/mol. The van der Waals surface area contributed by atoms with E-state index < -0.39 is 9.84 Å². The fourth-order valence-electron chi connectivity index (χ4n) is 2.12. The molecule has 0 saturated carbocycles. The number of hydrogen-bond donors (Lipinski definition) is 0. The molecule has 0 spiro atoms. The van der Waals surface area contributed by atoms with Gasteiger partial charge in [0.1, 0.15) is 5.75 Å². The maximum atomic E-state index is 12.4. The average Bonchev–Trinajstić information content (AvgIpc) is 2.94. The minimum absolute atomic E-state index is 0.0873. The van der Waals surface area contributed by atoms with Crippen molar-refractivity contribution in [3.05, 3.63) is 48.0 Å². The van der Waals surface area contributed by atoms with Crippen LogP contribution in [0.15, 0.2) is 47.4 Å². The summed E-state index contributed by atoms with van der Waals surface area (Å²) in [6.45, 7) is 0.171. The number of methoxy groups -OCH3 is 1. The lowest BCUT2D eigenvalue weighted by atomic mass is 10.2. The van der Waals surface area contributed by atoms with Crippen molar-refractivity contribution in [2.45, 2.75) is 10.6 Å². The van der Waals surface area contributed by atoms with Crippen molar-refractivity contribution in [3.8, 4) is 17.2 Å². The number of benzene rings is 2. The molecule has 0 bridgehead atoms. The van der Waals surface area contributed by atoms with Gasteiger partial charge in [0.15, 0.2) is 21.3 Å². The van der Waals surface area contributed by atoms with Crippen LogP contribution in [-0.4, -0.2) is 22.3 Å². The zero-order chi connectivity index (χ0) is 14.9. The van der Waals surface area contributed by atoms with Crippen molar-refractivity contribution in [3.63, 3.8) is 0 Å². The number of ether oxygens (including phenoxy) is 3. The molecule has 0 atom stereocenters. The van der Waals surface area contributed by atoms with Crippen LogP contribution < -0.4 is 14.2 Å². The third-order valence-corrected chi connectivity index (χ3v) is 4.92. The summed E-state index contributed by atoms with van der Waals surface area (Å²) in [5, 5.41) is 0. The van der Waals surface area contributed by atoms with Crippen molar-refractivity contribution in [2.75, 3.05) is 13.9 Å². The van der Waals surface area contributed by atoms with E-state index in [9.17, 15) is 8.42 Å². The van der Waals surface area contributed by atoms with Crippen LogP contribution >= 0.6 is 0 Å². The summed E-state index contributed by atoms with van der Waals surface area (Å²) >= 11 is 0. The summed E-state index contributed by atoms with van der Waals surface area (Å²) in [5.74, 6) is 1.76. The Hall–Kier alpha value is -2.21. The van der Waals surface area contributed by atoms with Gasteiger partial charge in [-0.25, -0.2) is 8.42 Å². The topological polar surface area (TPSA) is 61.8 Å². The Bertz CT molecular complexity index is 750. The first kappa shape index (κ1) is 13.8. The first-order valence-electron chi connectivity index (χ1n) is 6.34. The van der Waals surface area contributed by atoms with Crippen molar-refractivity contribution < 1.29 is 22.6 Å². The molecular weight excluding hydrogens is 292 g/mol. The van der Waals surface area contributed by atoms with E-state index >= 15 is 0 Å². The van der Waals surface area contributed by atoms with Gasteiger partial charge in [0.2, 0.25) is 6.79 Å². The highest BCUT2D eigenvalue weighted by atomic mass is 32.2. The lowest BCUT2D eigenvalue weighted by Gasteiger charge is -2.06. The molecule has 3 rings (SSSR count). The molecule has 0 aromatic heterocycles. The molecule has 0 fully saturated rings. The summed E-state index contributed by atoms with van der Waals surface area (Å²) in [6, 6.07) is 11.5. The van der Waals surface area contributed by atoms with E-state index in [1.54, 1.807) is 42.5 Å². The third-order valence-electron chi connectivity index (χ3n) is 3.21. The molecule has 2 aromatic carbocycles. The smallest absolute Gasteiger partial charge is 0.231 e. The van der Waals surface area contributed by atoms with Crippen LogP contribution in [0.3, 0.4) is 0 Å². The molecule has 2 aromatic rings. The van der Waals surface area contributed by atoms with Crippen molar-refractivity contribution in [1.29, 1.82) is 0 Å². The van der Waals surface area contributed by atoms with Gasteiger partial charge in [0, 0.05) is 0 Å². The van der Waals surface area contributed by atoms with Gasteiger partial charge in [-0.3, -0.25) is 0 Å². The fourth-order valence-corrected chi connectivity index (χ4v) is 3.45. The predicted octanol–water partition coefficient (Wildman–Crippen LogP) is 2.40. The van der Waals surface area contributed by atoms with Crippen LogP contribution in [0.4, 0.5) is 0 Å². The van der Waals surface area contributed by atoms with Crippen LogP contribution in [0.1, 0.15) is 5.56 Å². The molecule has 110 valence electrons. The number of sulfone groups is 1. The highest BCUT2D eigenvalue weighted by molar-refractivity contribution is 7.90. The molecule has 0 saturated heterocycles. The quantitative estimate of drug-likeness (QED) is 0.868. The minimum atomic E-state index is -3.41. The summed E-state index contributed by atoms with van der Waals surface area (Å²) < 4.78 is 40.3. The Balaban J connectivity index is 1.85. The van der Waals surface area contributed by atoms with Gasteiger partial charge in [-0.05, 0) is 42.0 Å². The Labute approximate surface area is 123 Å². The van der Waals surface area contributed by atoms with Crippen LogP contribution in [0, 0.1) is 0 Å². The highest BCUT2D eigenvalue weighted by Crippen LogP contribution is 2.33. The number of hydrogen-bond acceptors (Lipinski definition) is 5. The molecule has 1 heterocycles. The van der Waals surface area contributed by atoms with Gasteiger partial charge in [0.05, 0.1) is 17.8 Å². The zero-order valence-corrected chi connectivity index (χ0v) is 12.2. The van der Waals surface area contributed by atoms with Gasteiger partial charge in [-0.2, -0.15) is 0 Å². The third kappa shape index (κ3) is 2.80. The molecule has 0 N–H and O–H groups in total. The van der Waals surface area contributed by atoms with E-state index in [2.05, 4.69) is 0 Å². The van der Waals surface area contributed by atoms with Crippen molar-refractivity contribution in [1.82, 2.24) is 0 Å². The van der Waals surface area contributed by atoms with Crippen LogP contribution in [0.2, 0.25) is 0 Å². The maximum Gasteiger partial charge on any atom is 0.231 e. The SMILES string of the molecule is COc1ccc(S(=O)(=O)Cc2ccc3c(c2)OCO3)cc1. The Morgan fingerprint density at radius 1 is 1.05 bits per heavy atom. The van der Waals surface area contributed by atoms with E-state index in [0.29, 0.717) is 22.8 Å². The molecular formula is C15H14O5S. The second-order valence-electron chi connectivity index (χ2n) is 4.62. The largest absolute Gasteiger partial charge is 0.497 e. The van der Waals surface area contributed by atoms with Gasteiger partial charge in [-0.1, -0.05) is 6.07 Å². The standard InChI is InChI=1S/C15H14O5S/c1-18-12-3-5-13(6-4-12)21(16,17)9-11-2-7-14-15(8-11)20-10-19-14/h2-8H,9-10H2,1H3. The first-order valence-corrected chi connectivity index (χ1v) is 7.99. The van der Waals surface area contributed by atoms with Gasteiger partial charge in [0.25, 0.3) is 0 Å². The number of rotatable bonds is 4. The molecule has 0 aliphatic carbocycles. The minimum Gasteiger partial charge on any atom is -0.497 e. The molecule has 21 heavy (non-hydrogen) atoms. The summed E-state index contributed by atoms with van der Waals surface area (Å²) in [4.78, 5) is 0.265. The summed E-state index contributed by atoms with van der Waals surface area (Å²) in [7, 11) is -1.87. The first-order chi connectivity index (χ1) is 10.1. The zero-order valence-electron chi connectivity index (χ0n) is 11.4. The molecule has 1 aliphatic rings. The normalized spacial score (nSPS) is 13.2. The maximum absolute atomic E-state index is 12.4. The molecule has 6 heteroatoms. The second-order valence-corrected chi connectivity index (χ2v) is 6.61. The van der Waals surface area contributed by atoms with Gasteiger partial charge in [-0.15, -0.1) is 0 Å². The van der Waals surface area contributed by atoms with Crippen molar-refractivity contribution in [2.24, 2.45) is 0 Å². The second kappa shape index (κ2) is 5.29. The lowest BCUT2D eigenvalue weighted by molar-refractivity contribution is 0.174. The van der Waals surface area contributed by atoms with E-state index in [0.717, 1.165) is 0 Å². The lowest BCUT2D eigenvalue weighted by Crippen LogP contribution is -2.05. The van der Waals surface area contributed by atoms with E-state index in [-0.39, 0.29) is 17.4 Å². The predicted molar refractivity (Wildman–Crippen MR) is 76.4 cm³/mol. The van der Waals surface area contributed by atoms with Crippen LogP contribution in [0.25, 0.3) is 0 Å². The van der Waals surface area contributed by atoms with Crippen LogP contribution in [-0.2, 0) is 15.6 Å². The van der Waals surface area contributed by atoms with Crippen molar-refractivity contribution >= 4 is 9.84 Å². The molecule has 1 aliphatic heterocycles. The molecule has 0 amide bonds. The van der Waals surface area contributed by atoms with Gasteiger partial charge >= 0.3 is 0 Å².